The molecule has 0 spiro atoms. The third-order valence-corrected chi connectivity index (χ3v) is 5.87. The van der Waals surface area contributed by atoms with Gasteiger partial charge < -0.3 is 9.84 Å². The quantitative estimate of drug-likeness (QED) is 0.864. The first kappa shape index (κ1) is 15.7. The van der Waals surface area contributed by atoms with Crippen LogP contribution in [0, 0.1) is 0 Å². The van der Waals surface area contributed by atoms with Crippen LogP contribution in [0.1, 0.15) is 31.1 Å². The zero-order chi connectivity index (χ0) is 16.6. The van der Waals surface area contributed by atoms with Crippen LogP contribution in [0.5, 0.6) is 5.75 Å². The molecule has 0 fully saturated rings. The molecule has 0 saturated heterocycles. The van der Waals surface area contributed by atoms with Crippen LogP contribution in [-0.4, -0.2) is 35.2 Å². The van der Waals surface area contributed by atoms with E-state index in [4.69, 9.17) is 4.74 Å². The number of hydrogen-bond donors (Lipinski definition) is 1. The number of ether oxygens (including phenoxy) is 1. The molecule has 3 heterocycles. The summed E-state index contributed by atoms with van der Waals surface area (Å²) in [4.78, 5) is 3.30. The van der Waals surface area contributed by atoms with Gasteiger partial charge in [-0.05, 0) is 55.5 Å². The highest BCUT2D eigenvalue weighted by atomic mass is 32.1. The smallest absolute Gasteiger partial charge is 0.280 e. The lowest BCUT2D eigenvalue weighted by Gasteiger charge is -2.22. The molecule has 1 N–H and O–H groups in total. The molecular formula is C19H23N2O2S+. The molecule has 0 aliphatic carbocycles. The van der Waals surface area contributed by atoms with E-state index in [-0.39, 0.29) is 0 Å². The maximum Gasteiger partial charge on any atom is 0.280 e. The van der Waals surface area contributed by atoms with Crippen LogP contribution < -0.4 is 9.64 Å². The van der Waals surface area contributed by atoms with Crippen molar-refractivity contribution in [2.24, 2.45) is 0 Å². The molecule has 2 aliphatic rings. The Morgan fingerprint density at radius 2 is 2.08 bits per heavy atom. The molecule has 0 bridgehead atoms. The van der Waals surface area contributed by atoms with E-state index in [1.54, 1.807) is 11.3 Å². The fourth-order valence-corrected chi connectivity index (χ4v) is 4.56. The molecule has 1 unspecified atom stereocenters. The van der Waals surface area contributed by atoms with E-state index in [1.165, 1.54) is 12.3 Å². The number of β-amino-alcohol motifs (C(OH)–C–C–N with tert-alkyl or cyclic N) is 1. The average molecular weight is 343 g/mol. The van der Waals surface area contributed by atoms with E-state index in [0.29, 0.717) is 13.2 Å². The highest BCUT2D eigenvalue weighted by Crippen LogP contribution is 2.37. The van der Waals surface area contributed by atoms with Gasteiger partial charge in [0.05, 0.1) is 18.0 Å². The molecule has 24 heavy (non-hydrogen) atoms. The number of thiophene rings is 1. The van der Waals surface area contributed by atoms with Gasteiger partial charge in [0, 0.05) is 6.42 Å². The molecule has 1 aromatic heterocycles. The molecule has 1 atom stereocenters. The maximum absolute atomic E-state index is 11.5. The normalized spacial score (nSPS) is 23.5. The molecule has 4 nitrogen and oxygen atoms in total. The van der Waals surface area contributed by atoms with E-state index >= 15 is 0 Å². The predicted octanol–water partition coefficient (Wildman–Crippen LogP) is 3.41. The summed E-state index contributed by atoms with van der Waals surface area (Å²) in [5, 5.41) is 13.5. The minimum Gasteiger partial charge on any atom is -0.494 e. The number of rotatable bonds is 4. The summed E-state index contributed by atoms with van der Waals surface area (Å²) >= 11 is 1.63. The first-order valence-electron chi connectivity index (χ1n) is 8.62. The van der Waals surface area contributed by atoms with E-state index in [0.717, 1.165) is 35.7 Å². The molecule has 126 valence electrons. The third-order valence-electron chi connectivity index (χ3n) is 4.86. The van der Waals surface area contributed by atoms with Gasteiger partial charge in [0.15, 0.2) is 6.54 Å². The Hall–Kier alpha value is -1.85. The lowest BCUT2D eigenvalue weighted by molar-refractivity contribution is -0.660. The van der Waals surface area contributed by atoms with Crippen LogP contribution in [0.4, 0.5) is 5.69 Å². The van der Waals surface area contributed by atoms with Crippen molar-refractivity contribution >= 4 is 22.9 Å². The lowest BCUT2D eigenvalue weighted by atomic mass is 10.1. The number of nitrogens with zero attached hydrogens (tertiary/aromatic N) is 2. The van der Waals surface area contributed by atoms with Gasteiger partial charge in [-0.1, -0.05) is 6.07 Å². The van der Waals surface area contributed by atoms with Gasteiger partial charge in [-0.2, -0.15) is 0 Å². The summed E-state index contributed by atoms with van der Waals surface area (Å²) in [6, 6.07) is 12.2. The summed E-state index contributed by atoms with van der Waals surface area (Å²) in [7, 11) is 0. The van der Waals surface area contributed by atoms with Crippen molar-refractivity contribution in [3.8, 4) is 5.75 Å². The second-order valence-corrected chi connectivity index (χ2v) is 7.28. The van der Waals surface area contributed by atoms with Gasteiger partial charge in [-0.3, -0.25) is 0 Å². The van der Waals surface area contributed by atoms with Crippen LogP contribution in [0.2, 0.25) is 0 Å². The largest absolute Gasteiger partial charge is 0.494 e. The summed E-state index contributed by atoms with van der Waals surface area (Å²) in [6.45, 7) is 4.16. The number of aliphatic hydroxyl groups is 1. The Kier molecular flexibility index (Phi) is 4.06. The van der Waals surface area contributed by atoms with E-state index < -0.39 is 5.72 Å². The first-order valence-corrected chi connectivity index (χ1v) is 9.50. The molecule has 0 radical (unpaired) electrons. The van der Waals surface area contributed by atoms with Crippen molar-refractivity contribution in [1.29, 1.82) is 0 Å². The second-order valence-electron chi connectivity index (χ2n) is 6.33. The van der Waals surface area contributed by atoms with Crippen LogP contribution in [-0.2, 0) is 5.72 Å². The Bertz CT molecular complexity index is 739. The Balaban J connectivity index is 1.71. The van der Waals surface area contributed by atoms with E-state index in [2.05, 4.69) is 21.6 Å². The molecule has 5 heteroatoms. The number of benzene rings is 1. The summed E-state index contributed by atoms with van der Waals surface area (Å²) in [5.41, 5.74) is 0.204. The Morgan fingerprint density at radius 1 is 1.25 bits per heavy atom. The summed E-state index contributed by atoms with van der Waals surface area (Å²) in [5.74, 6) is 2.13. The molecule has 1 aromatic carbocycles. The average Bonchev–Trinajstić information content (AvgIpc) is 3.24. The summed E-state index contributed by atoms with van der Waals surface area (Å²) < 4.78 is 7.75. The van der Waals surface area contributed by atoms with Gasteiger partial charge in [0.1, 0.15) is 11.4 Å². The van der Waals surface area contributed by atoms with Gasteiger partial charge >= 0.3 is 0 Å². The maximum atomic E-state index is 11.5. The standard InChI is InChI=1S/C19H23N2O2S/c1-2-23-16-10-8-15(9-11-16)20-14-19(22,17-6-5-13-24-17)21-12-4-3-7-18(20)21/h5-6,8-11,13,22H,2-4,7,12,14H2,1H3/q+1. The van der Waals surface area contributed by atoms with Crippen molar-refractivity contribution in [2.45, 2.75) is 31.9 Å². The number of amidine groups is 1. The van der Waals surface area contributed by atoms with Crippen LogP contribution in [0.15, 0.2) is 41.8 Å². The molecular weight excluding hydrogens is 320 g/mol. The highest BCUT2D eigenvalue weighted by molar-refractivity contribution is 7.10. The topological polar surface area (TPSA) is 35.7 Å². The van der Waals surface area contributed by atoms with Crippen LogP contribution in [0.3, 0.4) is 0 Å². The lowest BCUT2D eigenvalue weighted by Crippen LogP contribution is -2.40. The SMILES string of the molecule is CCOc1ccc(N2CC(O)(c3cccs3)[N+]3=C2CCCC3)cc1. The molecule has 4 rings (SSSR count). The predicted molar refractivity (Wildman–Crippen MR) is 97.2 cm³/mol. The fourth-order valence-electron chi connectivity index (χ4n) is 3.74. The molecule has 0 amide bonds. The van der Waals surface area contributed by atoms with Crippen LogP contribution >= 0.6 is 11.3 Å². The zero-order valence-electron chi connectivity index (χ0n) is 13.9. The van der Waals surface area contributed by atoms with Gasteiger partial charge in [0.25, 0.3) is 11.6 Å². The van der Waals surface area contributed by atoms with Crippen molar-refractivity contribution in [1.82, 2.24) is 0 Å². The van der Waals surface area contributed by atoms with E-state index in [1.807, 2.05) is 36.6 Å². The number of anilines is 1. The molecule has 0 saturated carbocycles. The van der Waals surface area contributed by atoms with Crippen molar-refractivity contribution < 1.29 is 14.4 Å². The molecule has 2 aliphatic heterocycles. The fraction of sp³-hybridized carbons (Fsp3) is 0.421. The van der Waals surface area contributed by atoms with E-state index in [9.17, 15) is 5.11 Å². The monoisotopic (exact) mass is 343 g/mol. The number of hydrogen-bond acceptors (Lipinski definition) is 4. The van der Waals surface area contributed by atoms with Crippen molar-refractivity contribution in [3.05, 3.63) is 46.7 Å². The summed E-state index contributed by atoms with van der Waals surface area (Å²) in [6.07, 6.45) is 3.33. The minimum atomic E-state index is -0.914. The van der Waals surface area contributed by atoms with Gasteiger partial charge in [-0.25, -0.2) is 9.48 Å². The zero-order valence-corrected chi connectivity index (χ0v) is 14.8. The Labute approximate surface area is 146 Å². The Morgan fingerprint density at radius 3 is 2.79 bits per heavy atom. The third kappa shape index (κ3) is 2.52. The minimum absolute atomic E-state index is 0.580. The second kappa shape index (κ2) is 6.22. The first-order chi connectivity index (χ1) is 11.7. The van der Waals surface area contributed by atoms with Crippen molar-refractivity contribution in [3.63, 3.8) is 0 Å². The van der Waals surface area contributed by atoms with Gasteiger partial charge in [0.2, 0.25) is 0 Å². The van der Waals surface area contributed by atoms with Crippen LogP contribution in [0.25, 0.3) is 0 Å². The van der Waals surface area contributed by atoms with Gasteiger partial charge in [-0.15, -0.1) is 11.3 Å². The van der Waals surface area contributed by atoms with Crippen molar-refractivity contribution in [2.75, 3.05) is 24.6 Å². The molecule has 2 aromatic rings. The highest BCUT2D eigenvalue weighted by Gasteiger charge is 2.53.